The molecule has 1 nitrogen and oxygen atoms in total. The summed E-state index contributed by atoms with van der Waals surface area (Å²) in [5.74, 6) is 0. The van der Waals surface area contributed by atoms with Crippen LogP contribution in [0.2, 0.25) is 10.0 Å². The van der Waals surface area contributed by atoms with E-state index in [1.54, 1.807) is 0 Å². The lowest BCUT2D eigenvalue weighted by atomic mass is 9.98. The minimum absolute atomic E-state index is 0.367. The third kappa shape index (κ3) is 1.33. The molecule has 64 valence electrons. The van der Waals surface area contributed by atoms with E-state index in [9.17, 15) is 0 Å². The van der Waals surface area contributed by atoms with Crippen molar-refractivity contribution in [3.05, 3.63) is 33.8 Å². The third-order valence-electron chi connectivity index (χ3n) is 2.17. The molecule has 1 aromatic carbocycles. The Morgan fingerprint density at radius 3 is 2.25 bits per heavy atom. The highest BCUT2D eigenvalue weighted by molar-refractivity contribution is 6.36. The Morgan fingerprint density at radius 2 is 1.83 bits per heavy atom. The Balaban J connectivity index is 2.39. The molecule has 1 heterocycles. The lowest BCUT2D eigenvalue weighted by Crippen LogP contribution is -2.35. The highest BCUT2D eigenvalue weighted by atomic mass is 35.5. The van der Waals surface area contributed by atoms with Gasteiger partial charge < -0.3 is 5.32 Å². The molecule has 1 atom stereocenters. The van der Waals surface area contributed by atoms with E-state index in [4.69, 9.17) is 23.2 Å². The van der Waals surface area contributed by atoms with Crippen LogP contribution in [-0.2, 0) is 0 Å². The summed E-state index contributed by atoms with van der Waals surface area (Å²) >= 11 is 12.0. The molecule has 12 heavy (non-hydrogen) atoms. The zero-order chi connectivity index (χ0) is 8.55. The molecule has 0 saturated carbocycles. The molecule has 0 spiro atoms. The lowest BCUT2D eigenvalue weighted by Gasteiger charge is -2.29. The van der Waals surface area contributed by atoms with Gasteiger partial charge in [0.25, 0.3) is 0 Å². The molecule has 0 amide bonds. The van der Waals surface area contributed by atoms with Crippen molar-refractivity contribution >= 4 is 23.2 Å². The minimum atomic E-state index is 0.367. The Hall–Kier alpha value is -0.240. The SMILES string of the molecule is Clc1cccc(Cl)c1C1CCN1. The summed E-state index contributed by atoms with van der Waals surface area (Å²) in [7, 11) is 0. The summed E-state index contributed by atoms with van der Waals surface area (Å²) in [5.41, 5.74) is 1.05. The van der Waals surface area contributed by atoms with Gasteiger partial charge in [0.05, 0.1) is 0 Å². The van der Waals surface area contributed by atoms with Crippen molar-refractivity contribution in [2.24, 2.45) is 0 Å². The van der Waals surface area contributed by atoms with E-state index < -0.39 is 0 Å². The van der Waals surface area contributed by atoms with Crippen LogP contribution in [0.3, 0.4) is 0 Å². The van der Waals surface area contributed by atoms with Gasteiger partial charge >= 0.3 is 0 Å². The number of benzene rings is 1. The van der Waals surface area contributed by atoms with Crippen molar-refractivity contribution < 1.29 is 0 Å². The van der Waals surface area contributed by atoms with E-state index in [0.717, 1.165) is 28.6 Å². The third-order valence-corrected chi connectivity index (χ3v) is 2.83. The van der Waals surface area contributed by atoms with Gasteiger partial charge in [-0.15, -0.1) is 0 Å². The molecule has 1 N–H and O–H groups in total. The van der Waals surface area contributed by atoms with Crippen LogP contribution in [-0.4, -0.2) is 6.54 Å². The zero-order valence-electron chi connectivity index (χ0n) is 6.48. The van der Waals surface area contributed by atoms with Crippen molar-refractivity contribution in [3.8, 4) is 0 Å². The lowest BCUT2D eigenvalue weighted by molar-refractivity contribution is 0.383. The van der Waals surface area contributed by atoms with Gasteiger partial charge in [0, 0.05) is 21.7 Å². The van der Waals surface area contributed by atoms with Gasteiger partial charge in [0.1, 0.15) is 0 Å². The van der Waals surface area contributed by atoms with Crippen LogP contribution in [0.5, 0.6) is 0 Å². The summed E-state index contributed by atoms with van der Waals surface area (Å²) < 4.78 is 0. The number of halogens is 2. The fourth-order valence-electron chi connectivity index (χ4n) is 1.38. The monoisotopic (exact) mass is 201 g/mol. The molecule has 1 saturated heterocycles. The molecule has 1 aliphatic heterocycles. The molecule has 3 heteroatoms. The Kier molecular flexibility index (Phi) is 2.26. The first-order chi connectivity index (χ1) is 5.79. The molecule has 0 aromatic heterocycles. The smallest absolute Gasteiger partial charge is 0.0468 e. The highest BCUT2D eigenvalue weighted by Crippen LogP contribution is 2.34. The quantitative estimate of drug-likeness (QED) is 0.737. The van der Waals surface area contributed by atoms with E-state index >= 15 is 0 Å². The van der Waals surface area contributed by atoms with Crippen LogP contribution >= 0.6 is 23.2 Å². The normalized spacial score (nSPS) is 22.0. The second-order valence-corrected chi connectivity index (χ2v) is 3.75. The largest absolute Gasteiger partial charge is 0.310 e. The second-order valence-electron chi connectivity index (χ2n) is 2.93. The molecule has 0 aliphatic carbocycles. The van der Waals surface area contributed by atoms with Gasteiger partial charge in [-0.1, -0.05) is 29.3 Å². The Bertz CT molecular complexity index is 274. The first-order valence-electron chi connectivity index (χ1n) is 3.96. The standard InChI is InChI=1S/C9H9Cl2N/c10-6-2-1-3-7(11)9(6)8-4-5-12-8/h1-3,8,12H,4-5H2. The van der Waals surface area contributed by atoms with Crippen LogP contribution < -0.4 is 5.32 Å². The van der Waals surface area contributed by atoms with E-state index in [-0.39, 0.29) is 0 Å². The molecule has 0 radical (unpaired) electrons. The van der Waals surface area contributed by atoms with Gasteiger partial charge in [-0.25, -0.2) is 0 Å². The maximum Gasteiger partial charge on any atom is 0.0468 e. The number of hydrogen-bond acceptors (Lipinski definition) is 1. The highest BCUT2D eigenvalue weighted by Gasteiger charge is 2.22. The molecule has 0 bridgehead atoms. The summed E-state index contributed by atoms with van der Waals surface area (Å²) in [5, 5.41) is 4.80. The summed E-state index contributed by atoms with van der Waals surface area (Å²) in [6, 6.07) is 5.99. The van der Waals surface area contributed by atoms with Gasteiger partial charge in [0.2, 0.25) is 0 Å². The van der Waals surface area contributed by atoms with Gasteiger partial charge in [-0.05, 0) is 25.1 Å². The summed E-state index contributed by atoms with van der Waals surface area (Å²) in [4.78, 5) is 0. The van der Waals surface area contributed by atoms with Crippen LogP contribution in [0.4, 0.5) is 0 Å². The van der Waals surface area contributed by atoms with Gasteiger partial charge in [0.15, 0.2) is 0 Å². The van der Waals surface area contributed by atoms with Crippen LogP contribution in [0.25, 0.3) is 0 Å². The molecule has 1 aliphatic rings. The van der Waals surface area contributed by atoms with E-state index in [2.05, 4.69) is 5.32 Å². The molecular formula is C9H9Cl2N. The van der Waals surface area contributed by atoms with E-state index in [1.165, 1.54) is 0 Å². The average molecular weight is 202 g/mol. The molecule has 1 fully saturated rings. The Morgan fingerprint density at radius 1 is 1.25 bits per heavy atom. The maximum atomic E-state index is 6.01. The number of rotatable bonds is 1. The average Bonchev–Trinajstić information content (AvgIpc) is 1.93. The number of hydrogen-bond donors (Lipinski definition) is 1. The van der Waals surface area contributed by atoms with Gasteiger partial charge in [-0.2, -0.15) is 0 Å². The van der Waals surface area contributed by atoms with E-state index in [1.807, 2.05) is 18.2 Å². The molecule has 1 unspecified atom stereocenters. The predicted molar refractivity (Wildman–Crippen MR) is 51.8 cm³/mol. The van der Waals surface area contributed by atoms with Crippen LogP contribution in [0.1, 0.15) is 18.0 Å². The zero-order valence-corrected chi connectivity index (χ0v) is 7.99. The van der Waals surface area contributed by atoms with Crippen LogP contribution in [0, 0.1) is 0 Å². The predicted octanol–water partition coefficient (Wildman–Crippen LogP) is 3.03. The maximum absolute atomic E-state index is 6.01. The van der Waals surface area contributed by atoms with Crippen molar-refractivity contribution in [1.82, 2.24) is 5.32 Å². The summed E-state index contributed by atoms with van der Waals surface area (Å²) in [6.07, 6.45) is 1.13. The Labute approximate surface area is 81.7 Å². The van der Waals surface area contributed by atoms with Crippen molar-refractivity contribution in [3.63, 3.8) is 0 Å². The molecule has 2 rings (SSSR count). The second kappa shape index (κ2) is 3.25. The fourth-order valence-corrected chi connectivity index (χ4v) is 2.04. The van der Waals surface area contributed by atoms with E-state index in [0.29, 0.717) is 6.04 Å². The minimum Gasteiger partial charge on any atom is -0.310 e. The summed E-state index contributed by atoms with van der Waals surface area (Å²) in [6.45, 7) is 1.06. The van der Waals surface area contributed by atoms with Gasteiger partial charge in [-0.3, -0.25) is 0 Å². The van der Waals surface area contributed by atoms with Crippen molar-refractivity contribution in [2.45, 2.75) is 12.5 Å². The van der Waals surface area contributed by atoms with Crippen molar-refractivity contribution in [2.75, 3.05) is 6.54 Å². The topological polar surface area (TPSA) is 12.0 Å². The first-order valence-corrected chi connectivity index (χ1v) is 4.72. The number of nitrogens with one attached hydrogen (secondary N) is 1. The molecule has 1 aromatic rings. The fraction of sp³-hybridized carbons (Fsp3) is 0.333. The molecular weight excluding hydrogens is 193 g/mol. The van der Waals surface area contributed by atoms with Crippen molar-refractivity contribution in [1.29, 1.82) is 0 Å². The first kappa shape index (κ1) is 8.36. The van der Waals surface area contributed by atoms with Crippen LogP contribution in [0.15, 0.2) is 18.2 Å².